The van der Waals surface area contributed by atoms with E-state index in [9.17, 15) is 14.0 Å². The van der Waals surface area contributed by atoms with Gasteiger partial charge in [-0.1, -0.05) is 42.5 Å². The summed E-state index contributed by atoms with van der Waals surface area (Å²) >= 11 is 3.35. The predicted molar refractivity (Wildman–Crippen MR) is 156 cm³/mol. The van der Waals surface area contributed by atoms with Crippen LogP contribution in [0, 0.1) is 12.7 Å². The van der Waals surface area contributed by atoms with Crippen molar-refractivity contribution in [3.63, 3.8) is 0 Å². The quantitative estimate of drug-likeness (QED) is 0.324. The Balaban J connectivity index is 1.40. The van der Waals surface area contributed by atoms with E-state index in [2.05, 4.69) is 20.8 Å². The zero-order chi connectivity index (χ0) is 28.7. The Bertz CT molecular complexity index is 1670. The van der Waals surface area contributed by atoms with Crippen LogP contribution in [-0.4, -0.2) is 27.1 Å². The molecule has 4 aromatic rings. The summed E-state index contributed by atoms with van der Waals surface area (Å²) < 4.78 is 30.5. The highest BCUT2D eigenvalue weighted by Gasteiger charge is 2.47. The average Bonchev–Trinajstić information content (AvgIpc) is 3.55. The number of hydrogen-bond donors (Lipinski definition) is 1. The van der Waals surface area contributed by atoms with Gasteiger partial charge in [-0.05, 0) is 65.0 Å². The Labute approximate surface area is 245 Å². The van der Waals surface area contributed by atoms with Gasteiger partial charge in [0.25, 0.3) is 5.56 Å². The molecule has 0 radical (unpaired) electrons. The lowest BCUT2D eigenvalue weighted by Gasteiger charge is -2.38. The second-order valence-electron chi connectivity index (χ2n) is 10.9. The summed E-state index contributed by atoms with van der Waals surface area (Å²) in [5, 5.41) is 0. The van der Waals surface area contributed by atoms with Gasteiger partial charge < -0.3 is 14.9 Å². The molecule has 0 amide bonds. The van der Waals surface area contributed by atoms with Crippen LogP contribution in [0.1, 0.15) is 52.6 Å². The minimum Gasteiger partial charge on any atom is -0.453 e. The van der Waals surface area contributed by atoms with E-state index in [1.165, 1.54) is 15.2 Å². The minimum atomic E-state index is -0.828. The molecule has 2 aliphatic heterocycles. The van der Waals surface area contributed by atoms with Crippen molar-refractivity contribution in [2.75, 3.05) is 13.1 Å². The Morgan fingerprint density at radius 2 is 1.76 bits per heavy atom. The van der Waals surface area contributed by atoms with Gasteiger partial charge in [-0.15, -0.1) is 0 Å². The van der Waals surface area contributed by atoms with Crippen molar-refractivity contribution in [1.29, 1.82) is 0 Å². The Hall–Kier alpha value is -3.31. The molecule has 2 aromatic carbocycles. The molecule has 41 heavy (non-hydrogen) atoms. The predicted octanol–water partition coefficient (Wildman–Crippen LogP) is 4.58. The molecule has 1 atom stereocenters. The third kappa shape index (κ3) is 5.25. The van der Waals surface area contributed by atoms with Gasteiger partial charge in [0.15, 0.2) is 4.67 Å². The van der Waals surface area contributed by atoms with E-state index >= 15 is 0 Å². The molecule has 4 heterocycles. The maximum atomic E-state index is 15.0. The summed E-state index contributed by atoms with van der Waals surface area (Å²) in [6.45, 7) is 3.95. The SMILES string of the molecule is Cc1cccc(F)c1Cn1c2c(c(=O)n(C[C@H](N)c3ccccc3)c1=O)C1(CCN(Cc3ccc(Br)o3)CC1)OC2. The molecule has 1 spiro atoms. The number of aryl methyl sites for hydroxylation is 1. The van der Waals surface area contributed by atoms with Gasteiger partial charge in [-0.25, -0.2) is 9.18 Å². The lowest BCUT2D eigenvalue weighted by molar-refractivity contribution is -0.0816. The van der Waals surface area contributed by atoms with E-state index in [4.69, 9.17) is 14.9 Å². The molecular formula is C31H32BrFN4O4. The standard InChI is InChI=1S/C31H32BrFN4O4/c1-20-6-5-9-24(33)23(20)17-36-26-19-40-31(12-14-35(15-13-31)16-22-10-11-27(32)41-22)28(26)29(38)37(30(36)39)18-25(34)21-7-3-2-4-8-21/h2-11,25H,12-19,34H2,1H3/t25-/m0/s1. The number of halogens is 2. The van der Waals surface area contributed by atoms with Gasteiger partial charge in [0.1, 0.15) is 17.2 Å². The van der Waals surface area contributed by atoms with Crippen LogP contribution >= 0.6 is 15.9 Å². The lowest BCUT2D eigenvalue weighted by atomic mass is 9.85. The fraction of sp³-hybridized carbons (Fsp3) is 0.355. The van der Waals surface area contributed by atoms with Gasteiger partial charge in [-0.3, -0.25) is 18.8 Å². The van der Waals surface area contributed by atoms with Crippen molar-refractivity contribution in [3.8, 4) is 0 Å². The van der Waals surface area contributed by atoms with Crippen LogP contribution in [0.5, 0.6) is 0 Å². The lowest BCUT2D eigenvalue weighted by Crippen LogP contribution is -2.49. The van der Waals surface area contributed by atoms with Crippen molar-refractivity contribution in [1.82, 2.24) is 14.0 Å². The van der Waals surface area contributed by atoms with Crippen LogP contribution in [0.15, 0.2) is 79.3 Å². The number of hydrogen-bond acceptors (Lipinski definition) is 6. The summed E-state index contributed by atoms with van der Waals surface area (Å²) in [6.07, 6.45) is 1.16. The highest BCUT2D eigenvalue weighted by atomic mass is 79.9. The first-order valence-corrected chi connectivity index (χ1v) is 14.6. The number of rotatable bonds is 7. The second kappa shape index (κ2) is 11.2. The molecule has 1 saturated heterocycles. The molecule has 0 unspecified atom stereocenters. The summed E-state index contributed by atoms with van der Waals surface area (Å²) in [5.41, 5.74) is 7.77. The monoisotopic (exact) mass is 622 g/mol. The van der Waals surface area contributed by atoms with Crippen molar-refractivity contribution in [2.45, 2.75) is 57.6 Å². The summed E-state index contributed by atoms with van der Waals surface area (Å²) in [6, 6.07) is 17.5. The first-order chi connectivity index (χ1) is 19.8. The fourth-order valence-electron chi connectivity index (χ4n) is 6.10. The number of nitrogens with zero attached hydrogens (tertiary/aromatic N) is 3. The minimum absolute atomic E-state index is 0.000531. The van der Waals surface area contributed by atoms with E-state index < -0.39 is 23.1 Å². The van der Waals surface area contributed by atoms with Gasteiger partial charge in [0.05, 0.1) is 37.5 Å². The number of benzene rings is 2. The van der Waals surface area contributed by atoms with Crippen LogP contribution in [0.2, 0.25) is 0 Å². The third-order valence-corrected chi connectivity index (χ3v) is 8.85. The van der Waals surface area contributed by atoms with E-state index in [1.807, 2.05) is 55.5 Å². The van der Waals surface area contributed by atoms with Crippen LogP contribution in [0.3, 0.4) is 0 Å². The number of likely N-dealkylation sites (tertiary alicyclic amines) is 1. The van der Waals surface area contributed by atoms with Gasteiger partial charge in [-0.2, -0.15) is 0 Å². The molecule has 2 aliphatic rings. The topological polar surface area (TPSA) is 95.6 Å². The number of fused-ring (bicyclic) bond motifs is 2. The van der Waals surface area contributed by atoms with Crippen molar-refractivity contribution < 1.29 is 13.5 Å². The maximum Gasteiger partial charge on any atom is 0.331 e. The normalized spacial score (nSPS) is 17.2. The molecule has 0 bridgehead atoms. The molecule has 1 fully saturated rings. The van der Waals surface area contributed by atoms with Crippen LogP contribution < -0.4 is 17.0 Å². The number of nitrogens with two attached hydrogens (primary N) is 1. The zero-order valence-corrected chi connectivity index (χ0v) is 24.4. The van der Waals surface area contributed by atoms with Crippen LogP contribution in [0.25, 0.3) is 0 Å². The number of ether oxygens (including phenoxy) is 1. The highest BCUT2D eigenvalue weighted by molar-refractivity contribution is 9.10. The van der Waals surface area contributed by atoms with E-state index in [0.29, 0.717) is 54.0 Å². The van der Waals surface area contributed by atoms with Crippen molar-refractivity contribution in [3.05, 3.63) is 126 Å². The van der Waals surface area contributed by atoms with Crippen LogP contribution in [0.4, 0.5) is 4.39 Å². The van der Waals surface area contributed by atoms with Crippen LogP contribution in [-0.2, 0) is 36.6 Å². The van der Waals surface area contributed by atoms with E-state index in [0.717, 1.165) is 16.9 Å². The summed E-state index contributed by atoms with van der Waals surface area (Å²) in [4.78, 5) is 30.3. The molecule has 6 rings (SSSR count). The second-order valence-corrected chi connectivity index (χ2v) is 11.7. The number of piperidine rings is 1. The Morgan fingerprint density at radius 3 is 2.44 bits per heavy atom. The first kappa shape index (κ1) is 27.8. The van der Waals surface area contributed by atoms with Gasteiger partial charge >= 0.3 is 5.69 Å². The molecule has 2 N–H and O–H groups in total. The number of furan rings is 1. The molecular weight excluding hydrogens is 591 g/mol. The maximum absolute atomic E-state index is 15.0. The molecule has 10 heteroatoms. The third-order valence-electron chi connectivity index (χ3n) is 8.42. The average molecular weight is 624 g/mol. The van der Waals surface area contributed by atoms with E-state index in [-0.39, 0.29) is 25.3 Å². The van der Waals surface area contributed by atoms with Gasteiger partial charge in [0, 0.05) is 24.7 Å². The molecule has 8 nitrogen and oxygen atoms in total. The smallest absolute Gasteiger partial charge is 0.331 e. The highest BCUT2D eigenvalue weighted by Crippen LogP contribution is 2.42. The Morgan fingerprint density at radius 1 is 1.00 bits per heavy atom. The summed E-state index contributed by atoms with van der Waals surface area (Å²) in [7, 11) is 0. The largest absolute Gasteiger partial charge is 0.453 e. The van der Waals surface area contributed by atoms with E-state index in [1.54, 1.807) is 6.07 Å². The van der Waals surface area contributed by atoms with Crippen molar-refractivity contribution in [2.24, 2.45) is 5.73 Å². The molecule has 2 aromatic heterocycles. The Kier molecular flexibility index (Phi) is 7.58. The number of aromatic nitrogens is 2. The molecule has 0 saturated carbocycles. The summed E-state index contributed by atoms with van der Waals surface area (Å²) in [5.74, 6) is 0.461. The molecule has 214 valence electrons. The fourth-order valence-corrected chi connectivity index (χ4v) is 6.44. The van der Waals surface area contributed by atoms with Gasteiger partial charge in [0.2, 0.25) is 0 Å². The molecule has 0 aliphatic carbocycles. The first-order valence-electron chi connectivity index (χ1n) is 13.8. The van der Waals surface area contributed by atoms with Crippen molar-refractivity contribution >= 4 is 15.9 Å². The zero-order valence-electron chi connectivity index (χ0n) is 22.8.